The Kier molecular flexibility index (Phi) is 3.25. The molecule has 0 aliphatic rings. The predicted molar refractivity (Wildman–Crippen MR) is 64.7 cm³/mol. The molecule has 0 spiro atoms. The van der Waals surface area contributed by atoms with Crippen LogP contribution in [-0.4, -0.2) is 0 Å². The Morgan fingerprint density at radius 2 is 1.25 bits per heavy atom. The monoisotopic (exact) mass is 238 g/mol. The summed E-state index contributed by atoms with van der Waals surface area (Å²) in [6, 6.07) is 16.9. The number of rotatable bonds is 3. The fourth-order valence-electron chi connectivity index (χ4n) is 1.49. The fourth-order valence-corrected chi connectivity index (χ4v) is 2.82. The van der Waals surface area contributed by atoms with Crippen LogP contribution in [0.2, 0.25) is 0 Å². The second kappa shape index (κ2) is 4.66. The molecule has 0 saturated heterocycles. The minimum atomic E-state index is -3.71. The number of halogens is 2. The van der Waals surface area contributed by atoms with Crippen LogP contribution >= 0.6 is 10.8 Å². The van der Waals surface area contributed by atoms with Crippen molar-refractivity contribution in [1.82, 2.24) is 0 Å². The van der Waals surface area contributed by atoms with Crippen molar-refractivity contribution in [3.05, 3.63) is 66.2 Å². The Morgan fingerprint density at radius 1 is 0.750 bits per heavy atom. The third-order valence-corrected chi connectivity index (χ3v) is 3.94. The highest BCUT2D eigenvalue weighted by Crippen LogP contribution is 2.61. The molecule has 0 nitrogen and oxygen atoms in total. The van der Waals surface area contributed by atoms with Crippen LogP contribution in [0.15, 0.2) is 65.6 Å². The van der Waals surface area contributed by atoms with Crippen LogP contribution in [-0.2, 0) is 5.75 Å². The third-order valence-electron chi connectivity index (χ3n) is 2.28. The zero-order valence-corrected chi connectivity index (χ0v) is 9.46. The van der Waals surface area contributed by atoms with Crippen LogP contribution in [0.3, 0.4) is 0 Å². The van der Waals surface area contributed by atoms with Gasteiger partial charge in [0.1, 0.15) is 0 Å². The molecule has 0 heterocycles. The van der Waals surface area contributed by atoms with Crippen molar-refractivity contribution >= 4 is 10.8 Å². The van der Waals surface area contributed by atoms with E-state index in [-0.39, 0.29) is 10.6 Å². The molecule has 0 atom stereocenters. The molecule has 2 aromatic carbocycles. The first-order chi connectivity index (χ1) is 7.68. The van der Waals surface area contributed by atoms with Gasteiger partial charge in [-0.05, 0) is 17.7 Å². The molecule has 84 valence electrons. The van der Waals surface area contributed by atoms with Gasteiger partial charge < -0.3 is 0 Å². The lowest BCUT2D eigenvalue weighted by molar-refractivity contribution is 0.736. The van der Waals surface area contributed by atoms with Gasteiger partial charge in [0.25, 0.3) is 0 Å². The lowest BCUT2D eigenvalue weighted by Crippen LogP contribution is -1.92. The molecule has 0 fully saturated rings. The molecule has 0 bridgehead atoms. The highest BCUT2D eigenvalue weighted by Gasteiger charge is 2.25. The number of hydrogen-bond donors (Lipinski definition) is 0. The molecule has 0 unspecified atom stereocenters. The van der Waals surface area contributed by atoms with E-state index in [1.807, 2.05) is 6.07 Å². The molecule has 0 aliphatic heterocycles. The van der Waals surface area contributed by atoms with Crippen molar-refractivity contribution in [3.63, 3.8) is 0 Å². The van der Waals surface area contributed by atoms with E-state index < -0.39 is 10.8 Å². The molecule has 16 heavy (non-hydrogen) atoms. The highest BCUT2D eigenvalue weighted by molar-refractivity contribution is 8.24. The maximum absolute atomic E-state index is 13.9. The molecule has 0 aliphatic carbocycles. The molecule has 0 aromatic heterocycles. The van der Waals surface area contributed by atoms with E-state index in [9.17, 15) is 7.77 Å². The van der Waals surface area contributed by atoms with Gasteiger partial charge in [0.15, 0.2) is 0 Å². The molecular weight excluding hydrogens is 226 g/mol. The lowest BCUT2D eigenvalue weighted by Gasteiger charge is -2.20. The van der Waals surface area contributed by atoms with Crippen LogP contribution in [0.25, 0.3) is 0 Å². The van der Waals surface area contributed by atoms with Crippen molar-refractivity contribution in [1.29, 1.82) is 0 Å². The van der Waals surface area contributed by atoms with Gasteiger partial charge in [0, 0.05) is 4.90 Å². The average Bonchev–Trinajstić information content (AvgIpc) is 2.31. The van der Waals surface area contributed by atoms with Crippen LogP contribution in [0, 0.1) is 0 Å². The predicted octanol–water partition coefficient (Wildman–Crippen LogP) is 4.82. The molecule has 2 aromatic rings. The van der Waals surface area contributed by atoms with Gasteiger partial charge in [-0.2, -0.15) is 7.77 Å². The molecule has 0 saturated carbocycles. The van der Waals surface area contributed by atoms with Gasteiger partial charge in [-0.1, -0.05) is 48.5 Å². The highest BCUT2D eigenvalue weighted by atomic mass is 32.3. The summed E-state index contributed by atoms with van der Waals surface area (Å²) in [5, 5.41) is 0. The number of hydrogen-bond acceptors (Lipinski definition) is 0. The quantitative estimate of drug-likeness (QED) is 0.719. The van der Waals surface area contributed by atoms with Gasteiger partial charge in [0.05, 0.1) is 16.6 Å². The van der Waals surface area contributed by atoms with E-state index >= 15 is 0 Å². The smallest absolute Gasteiger partial charge is 0.0894 e. The Morgan fingerprint density at radius 3 is 1.81 bits per heavy atom. The summed E-state index contributed by atoms with van der Waals surface area (Å²) in [6.07, 6.45) is 0. The Labute approximate surface area is 95.8 Å². The van der Waals surface area contributed by atoms with Crippen molar-refractivity contribution < 1.29 is 7.77 Å². The van der Waals surface area contributed by atoms with E-state index in [0.717, 1.165) is 0 Å². The Bertz CT molecular complexity index is 440. The Balaban J connectivity index is 2.21. The van der Waals surface area contributed by atoms with Crippen molar-refractivity contribution in [2.24, 2.45) is 0 Å². The normalized spacial score (nSPS) is 12.4. The Hall–Kier alpha value is -1.35. The van der Waals surface area contributed by atoms with E-state index in [2.05, 4.69) is 0 Å². The summed E-state index contributed by atoms with van der Waals surface area (Å²) in [5.74, 6) is -0.169. The van der Waals surface area contributed by atoms with Crippen molar-refractivity contribution in [2.45, 2.75) is 10.6 Å². The third kappa shape index (κ3) is 2.61. The molecule has 0 N–H and O–H groups in total. The van der Waals surface area contributed by atoms with Gasteiger partial charge in [-0.3, -0.25) is 0 Å². The summed E-state index contributed by atoms with van der Waals surface area (Å²) in [6.45, 7) is 0. The first kappa shape index (κ1) is 11.1. The summed E-state index contributed by atoms with van der Waals surface area (Å²) >= 11 is 0. The van der Waals surface area contributed by atoms with E-state index in [4.69, 9.17) is 0 Å². The molecule has 0 radical (unpaired) electrons. The summed E-state index contributed by atoms with van der Waals surface area (Å²) < 4.78 is 27.9. The average molecular weight is 238 g/mol. The van der Waals surface area contributed by atoms with Crippen LogP contribution in [0.1, 0.15) is 5.56 Å². The summed E-state index contributed by atoms with van der Waals surface area (Å²) in [5.41, 5.74) is 0.686. The standard InChI is InChI=1S/C13H12F2S/c14-16(15,13-9-5-2-6-10-13)11-12-7-3-1-4-8-12/h1-10H,11H2. The topological polar surface area (TPSA) is 0 Å². The molecule has 2 rings (SSSR count). The minimum absolute atomic E-state index is 0.152. The lowest BCUT2D eigenvalue weighted by atomic mass is 10.2. The van der Waals surface area contributed by atoms with E-state index in [0.29, 0.717) is 5.56 Å². The summed E-state index contributed by atoms with van der Waals surface area (Å²) in [7, 11) is -3.71. The fraction of sp³-hybridized carbons (Fsp3) is 0.0769. The van der Waals surface area contributed by atoms with Gasteiger partial charge in [-0.25, -0.2) is 0 Å². The molecule has 3 heteroatoms. The van der Waals surface area contributed by atoms with Crippen LogP contribution < -0.4 is 0 Å². The first-order valence-electron chi connectivity index (χ1n) is 4.98. The maximum atomic E-state index is 13.9. The van der Waals surface area contributed by atoms with Crippen molar-refractivity contribution in [3.8, 4) is 0 Å². The van der Waals surface area contributed by atoms with E-state index in [1.165, 1.54) is 12.1 Å². The van der Waals surface area contributed by atoms with Gasteiger partial charge in [-0.15, -0.1) is 0 Å². The second-order valence-corrected chi connectivity index (χ2v) is 5.43. The second-order valence-electron chi connectivity index (χ2n) is 3.52. The van der Waals surface area contributed by atoms with E-state index in [1.54, 1.807) is 42.5 Å². The molecular formula is C13H12F2S. The zero-order valence-electron chi connectivity index (χ0n) is 8.64. The number of benzene rings is 2. The van der Waals surface area contributed by atoms with Crippen LogP contribution in [0.4, 0.5) is 7.77 Å². The zero-order chi connectivity index (χ0) is 11.4. The first-order valence-corrected chi connectivity index (χ1v) is 6.58. The van der Waals surface area contributed by atoms with Gasteiger partial charge >= 0.3 is 0 Å². The maximum Gasteiger partial charge on any atom is 0.0894 e. The summed E-state index contributed by atoms with van der Waals surface area (Å²) in [4.78, 5) is 0.152. The SMILES string of the molecule is FS(F)(Cc1ccccc1)c1ccccc1. The van der Waals surface area contributed by atoms with Crippen molar-refractivity contribution in [2.75, 3.05) is 0 Å². The minimum Gasteiger partial charge on any atom is -0.153 e. The van der Waals surface area contributed by atoms with Gasteiger partial charge in [0.2, 0.25) is 0 Å². The largest absolute Gasteiger partial charge is 0.153 e. The van der Waals surface area contributed by atoms with Crippen LogP contribution in [0.5, 0.6) is 0 Å². The molecule has 0 amide bonds.